The Morgan fingerprint density at radius 1 is 1.29 bits per heavy atom. The first-order valence-electron chi connectivity index (χ1n) is 5.37. The highest BCUT2D eigenvalue weighted by Crippen LogP contribution is 2.19. The van der Waals surface area contributed by atoms with Crippen molar-refractivity contribution < 1.29 is 4.42 Å². The maximum absolute atomic E-state index is 5.54. The molecule has 88 valence electrons. The van der Waals surface area contributed by atoms with Crippen molar-refractivity contribution >= 4 is 11.8 Å². The summed E-state index contributed by atoms with van der Waals surface area (Å²) in [7, 11) is 0. The summed E-state index contributed by atoms with van der Waals surface area (Å²) in [4.78, 5) is 0. The van der Waals surface area contributed by atoms with E-state index in [2.05, 4.69) is 16.8 Å². The Hall–Kier alpha value is -1.55. The van der Waals surface area contributed by atoms with Crippen molar-refractivity contribution in [3.8, 4) is 0 Å². The van der Waals surface area contributed by atoms with Crippen molar-refractivity contribution in [3.05, 3.63) is 53.9 Å². The van der Waals surface area contributed by atoms with E-state index in [-0.39, 0.29) is 0 Å². The summed E-state index contributed by atoms with van der Waals surface area (Å²) >= 11 is 1.52. The second-order valence-corrected chi connectivity index (χ2v) is 4.80. The van der Waals surface area contributed by atoms with Crippen LogP contribution in [0.3, 0.4) is 0 Å². The molecule has 0 atom stereocenters. The second-order valence-electron chi connectivity index (χ2n) is 3.87. The highest BCUT2D eigenvalue weighted by atomic mass is 32.2. The van der Waals surface area contributed by atoms with Gasteiger partial charge in [-0.05, 0) is 12.5 Å². The topological polar surface area (TPSA) is 38.9 Å². The van der Waals surface area contributed by atoms with Gasteiger partial charge in [0.2, 0.25) is 5.89 Å². The number of nitrogens with zero attached hydrogens (tertiary/aromatic N) is 2. The lowest BCUT2D eigenvalue weighted by molar-refractivity contribution is 0.420. The maximum atomic E-state index is 5.54. The standard InChI is InChI=1S/C13H14N2OS/c1-10(2)9-17-13-15-14-12(16-13)8-11-6-4-3-5-7-11/h3-7H,1,8-9H2,2H3. The first-order chi connectivity index (χ1) is 8.24. The van der Waals surface area contributed by atoms with Gasteiger partial charge in [-0.1, -0.05) is 54.2 Å². The van der Waals surface area contributed by atoms with Crippen LogP contribution in [0.1, 0.15) is 18.4 Å². The average Bonchev–Trinajstić information content (AvgIpc) is 2.75. The number of aromatic nitrogens is 2. The third kappa shape index (κ3) is 3.75. The fraction of sp³-hybridized carbons (Fsp3) is 0.231. The van der Waals surface area contributed by atoms with Crippen LogP contribution in [-0.2, 0) is 6.42 Å². The Balaban J connectivity index is 1.97. The number of hydrogen-bond donors (Lipinski definition) is 0. The van der Waals surface area contributed by atoms with Gasteiger partial charge >= 0.3 is 0 Å². The summed E-state index contributed by atoms with van der Waals surface area (Å²) < 4.78 is 5.54. The number of benzene rings is 1. The van der Waals surface area contributed by atoms with Crippen LogP contribution in [0.15, 0.2) is 52.1 Å². The molecule has 0 spiro atoms. The molecule has 0 unspecified atom stereocenters. The Labute approximate surface area is 105 Å². The molecule has 0 fully saturated rings. The second kappa shape index (κ2) is 5.68. The van der Waals surface area contributed by atoms with Gasteiger partial charge in [0.05, 0.1) is 6.42 Å². The van der Waals surface area contributed by atoms with Gasteiger partial charge in [-0.15, -0.1) is 10.2 Å². The molecule has 1 aromatic carbocycles. The van der Waals surface area contributed by atoms with Crippen LogP contribution in [0.4, 0.5) is 0 Å². The zero-order chi connectivity index (χ0) is 12.1. The number of hydrogen-bond acceptors (Lipinski definition) is 4. The van der Waals surface area contributed by atoms with E-state index in [0.29, 0.717) is 17.5 Å². The Morgan fingerprint density at radius 2 is 2.06 bits per heavy atom. The molecule has 4 heteroatoms. The SMILES string of the molecule is C=C(C)CSc1nnc(Cc2ccccc2)o1. The van der Waals surface area contributed by atoms with Gasteiger partial charge < -0.3 is 4.42 Å². The molecule has 0 bridgehead atoms. The van der Waals surface area contributed by atoms with Crippen LogP contribution in [0, 0.1) is 0 Å². The molecule has 1 aromatic heterocycles. The van der Waals surface area contributed by atoms with E-state index < -0.39 is 0 Å². The van der Waals surface area contributed by atoms with Crippen LogP contribution >= 0.6 is 11.8 Å². The molecule has 0 aliphatic carbocycles. The molecule has 0 N–H and O–H groups in total. The molecule has 2 rings (SSSR count). The fourth-order valence-corrected chi connectivity index (χ4v) is 1.95. The van der Waals surface area contributed by atoms with Crippen LogP contribution < -0.4 is 0 Å². The van der Waals surface area contributed by atoms with Gasteiger partial charge in [0, 0.05) is 5.75 Å². The quantitative estimate of drug-likeness (QED) is 0.599. The van der Waals surface area contributed by atoms with E-state index >= 15 is 0 Å². The number of thioether (sulfide) groups is 1. The first-order valence-corrected chi connectivity index (χ1v) is 6.36. The lowest BCUT2D eigenvalue weighted by Crippen LogP contribution is -1.87. The molecule has 3 nitrogen and oxygen atoms in total. The Bertz CT molecular complexity index is 493. The molecule has 0 saturated heterocycles. The summed E-state index contributed by atoms with van der Waals surface area (Å²) in [6.07, 6.45) is 0.682. The summed E-state index contributed by atoms with van der Waals surface area (Å²) in [5, 5.41) is 8.62. The Morgan fingerprint density at radius 3 is 2.76 bits per heavy atom. The zero-order valence-electron chi connectivity index (χ0n) is 9.72. The van der Waals surface area contributed by atoms with Gasteiger partial charge in [0.15, 0.2) is 0 Å². The first kappa shape index (κ1) is 11.9. The minimum absolute atomic E-state index is 0.610. The smallest absolute Gasteiger partial charge is 0.276 e. The summed E-state index contributed by atoms with van der Waals surface area (Å²) in [6.45, 7) is 5.81. The van der Waals surface area contributed by atoms with Gasteiger partial charge in [-0.25, -0.2) is 0 Å². The van der Waals surface area contributed by atoms with Gasteiger partial charge in [-0.3, -0.25) is 0 Å². The van der Waals surface area contributed by atoms with Crippen molar-refractivity contribution in [2.75, 3.05) is 5.75 Å². The minimum atomic E-state index is 0.610. The Kier molecular flexibility index (Phi) is 3.98. The van der Waals surface area contributed by atoms with E-state index in [1.807, 2.05) is 37.3 Å². The van der Waals surface area contributed by atoms with Crippen LogP contribution in [0.2, 0.25) is 0 Å². The van der Waals surface area contributed by atoms with Crippen molar-refractivity contribution in [2.45, 2.75) is 18.6 Å². The van der Waals surface area contributed by atoms with E-state index in [9.17, 15) is 0 Å². The van der Waals surface area contributed by atoms with E-state index in [1.54, 1.807) is 0 Å². The molecular formula is C13H14N2OS. The number of rotatable bonds is 5. The van der Waals surface area contributed by atoms with Gasteiger partial charge in [0.25, 0.3) is 5.22 Å². The van der Waals surface area contributed by atoms with Crippen LogP contribution in [0.5, 0.6) is 0 Å². The molecular weight excluding hydrogens is 232 g/mol. The van der Waals surface area contributed by atoms with Crippen LogP contribution in [0.25, 0.3) is 0 Å². The predicted octanol–water partition coefficient (Wildman–Crippen LogP) is 3.33. The van der Waals surface area contributed by atoms with Crippen LogP contribution in [-0.4, -0.2) is 16.0 Å². The third-order valence-corrected chi connectivity index (χ3v) is 3.14. The molecule has 2 aromatic rings. The molecule has 1 heterocycles. The molecule has 0 radical (unpaired) electrons. The van der Waals surface area contributed by atoms with Crippen molar-refractivity contribution in [2.24, 2.45) is 0 Å². The lowest BCUT2D eigenvalue weighted by Gasteiger charge is -1.95. The van der Waals surface area contributed by atoms with E-state index in [4.69, 9.17) is 4.42 Å². The molecule has 0 amide bonds. The zero-order valence-corrected chi connectivity index (χ0v) is 10.5. The largest absolute Gasteiger partial charge is 0.416 e. The molecule has 17 heavy (non-hydrogen) atoms. The summed E-state index contributed by atoms with van der Waals surface area (Å²) in [6, 6.07) is 10.1. The predicted molar refractivity (Wildman–Crippen MR) is 69.1 cm³/mol. The average molecular weight is 246 g/mol. The lowest BCUT2D eigenvalue weighted by atomic mass is 10.2. The molecule has 0 aliphatic heterocycles. The normalized spacial score (nSPS) is 10.4. The van der Waals surface area contributed by atoms with E-state index in [1.165, 1.54) is 17.3 Å². The fourth-order valence-electron chi connectivity index (χ4n) is 1.32. The maximum Gasteiger partial charge on any atom is 0.276 e. The summed E-state index contributed by atoms with van der Waals surface area (Å²) in [5.41, 5.74) is 2.27. The van der Waals surface area contributed by atoms with Crippen molar-refractivity contribution in [3.63, 3.8) is 0 Å². The van der Waals surface area contributed by atoms with E-state index in [0.717, 1.165) is 11.3 Å². The van der Waals surface area contributed by atoms with Crippen molar-refractivity contribution in [1.82, 2.24) is 10.2 Å². The highest BCUT2D eigenvalue weighted by molar-refractivity contribution is 7.99. The third-order valence-electron chi connectivity index (χ3n) is 2.09. The molecule has 0 saturated carbocycles. The van der Waals surface area contributed by atoms with Crippen molar-refractivity contribution in [1.29, 1.82) is 0 Å². The highest BCUT2D eigenvalue weighted by Gasteiger charge is 2.07. The van der Waals surface area contributed by atoms with Gasteiger partial charge in [-0.2, -0.15) is 0 Å². The minimum Gasteiger partial charge on any atom is -0.416 e. The van der Waals surface area contributed by atoms with Gasteiger partial charge in [0.1, 0.15) is 0 Å². The monoisotopic (exact) mass is 246 g/mol. The molecule has 0 aliphatic rings. The summed E-state index contributed by atoms with van der Waals surface area (Å²) in [5.74, 6) is 1.47.